The normalized spacial score (nSPS) is 20.2. The van der Waals surface area contributed by atoms with Gasteiger partial charge < -0.3 is 4.90 Å². The molecule has 1 fully saturated rings. The van der Waals surface area contributed by atoms with Crippen LogP contribution >= 0.6 is 0 Å². The second-order valence-corrected chi connectivity index (χ2v) is 6.16. The summed E-state index contributed by atoms with van der Waals surface area (Å²) in [4.78, 5) is 37.5. The van der Waals surface area contributed by atoms with Crippen LogP contribution in [0.4, 0.5) is 0 Å². The number of nitrogens with zero attached hydrogens (tertiary/aromatic N) is 1. The molecule has 3 rings (SSSR count). The van der Waals surface area contributed by atoms with E-state index < -0.39 is 11.9 Å². The molecule has 5 heteroatoms. The van der Waals surface area contributed by atoms with Crippen LogP contribution in [0.25, 0.3) is 0 Å². The topological polar surface area (TPSA) is 66.5 Å². The average molecular weight is 310 g/mol. The third kappa shape index (κ3) is 2.85. The van der Waals surface area contributed by atoms with Crippen molar-refractivity contribution in [3.8, 4) is 11.8 Å². The third-order valence-corrected chi connectivity index (χ3v) is 4.08. The predicted molar refractivity (Wildman–Crippen MR) is 84.2 cm³/mol. The molecule has 3 amide bonds. The van der Waals surface area contributed by atoms with E-state index >= 15 is 0 Å². The quantitative estimate of drug-likeness (QED) is 0.631. The van der Waals surface area contributed by atoms with Gasteiger partial charge >= 0.3 is 0 Å². The molecule has 23 heavy (non-hydrogen) atoms. The Balaban J connectivity index is 1.90. The molecule has 2 aliphatic rings. The summed E-state index contributed by atoms with van der Waals surface area (Å²) in [6.45, 7) is 4.39. The molecule has 1 unspecified atom stereocenters. The van der Waals surface area contributed by atoms with Crippen molar-refractivity contribution < 1.29 is 14.4 Å². The minimum Gasteiger partial charge on any atom is -0.322 e. The maximum absolute atomic E-state index is 12.6. The molecule has 0 aliphatic carbocycles. The zero-order valence-corrected chi connectivity index (χ0v) is 13.2. The fraction of sp³-hybridized carbons (Fsp3) is 0.389. The highest BCUT2D eigenvalue weighted by Gasteiger charge is 2.39. The van der Waals surface area contributed by atoms with Gasteiger partial charge in [0.15, 0.2) is 0 Å². The van der Waals surface area contributed by atoms with Crippen LogP contribution < -0.4 is 5.32 Å². The van der Waals surface area contributed by atoms with E-state index in [1.807, 2.05) is 26.0 Å². The van der Waals surface area contributed by atoms with E-state index in [1.165, 1.54) is 0 Å². The van der Waals surface area contributed by atoms with Gasteiger partial charge in [-0.3, -0.25) is 19.7 Å². The summed E-state index contributed by atoms with van der Waals surface area (Å²) in [5, 5.41) is 2.31. The van der Waals surface area contributed by atoms with Crippen molar-refractivity contribution in [1.29, 1.82) is 0 Å². The van der Waals surface area contributed by atoms with Gasteiger partial charge in [-0.1, -0.05) is 31.8 Å². The Morgan fingerprint density at radius 1 is 1.26 bits per heavy atom. The van der Waals surface area contributed by atoms with Crippen LogP contribution in [0.3, 0.4) is 0 Å². The molecule has 0 aromatic heterocycles. The minimum absolute atomic E-state index is 0.164. The molecule has 5 nitrogen and oxygen atoms in total. The third-order valence-electron chi connectivity index (χ3n) is 4.08. The summed E-state index contributed by atoms with van der Waals surface area (Å²) in [6, 6.07) is 4.90. The summed E-state index contributed by atoms with van der Waals surface area (Å²) in [6.07, 6.45) is 0.633. The smallest absolute Gasteiger partial charge is 0.255 e. The zero-order valence-electron chi connectivity index (χ0n) is 13.2. The van der Waals surface area contributed by atoms with Gasteiger partial charge in [0.05, 0.1) is 0 Å². The highest BCUT2D eigenvalue weighted by molar-refractivity contribution is 6.05. The fourth-order valence-corrected chi connectivity index (χ4v) is 2.92. The molecule has 1 aromatic carbocycles. The molecule has 0 spiro atoms. The van der Waals surface area contributed by atoms with Gasteiger partial charge in [0.25, 0.3) is 5.91 Å². The van der Waals surface area contributed by atoms with Crippen LogP contribution in [0.15, 0.2) is 18.2 Å². The molecule has 1 saturated heterocycles. The van der Waals surface area contributed by atoms with E-state index in [4.69, 9.17) is 0 Å². The van der Waals surface area contributed by atoms with Crippen molar-refractivity contribution in [3.05, 3.63) is 34.9 Å². The molecule has 118 valence electrons. The lowest BCUT2D eigenvalue weighted by Gasteiger charge is -2.29. The summed E-state index contributed by atoms with van der Waals surface area (Å²) in [5.74, 6) is 5.64. The number of benzene rings is 1. The van der Waals surface area contributed by atoms with Gasteiger partial charge in [-0.2, -0.15) is 0 Å². The second-order valence-electron chi connectivity index (χ2n) is 6.16. The Morgan fingerprint density at radius 2 is 2.04 bits per heavy atom. The van der Waals surface area contributed by atoms with Crippen molar-refractivity contribution in [2.24, 2.45) is 5.92 Å². The molecule has 0 saturated carbocycles. The lowest BCUT2D eigenvalue weighted by Crippen LogP contribution is -2.52. The van der Waals surface area contributed by atoms with Crippen LogP contribution in [0, 0.1) is 17.8 Å². The van der Waals surface area contributed by atoms with Gasteiger partial charge in [-0.05, 0) is 24.1 Å². The number of imide groups is 1. The van der Waals surface area contributed by atoms with Gasteiger partial charge in [0.2, 0.25) is 11.8 Å². The van der Waals surface area contributed by atoms with Crippen molar-refractivity contribution in [2.45, 2.75) is 39.3 Å². The summed E-state index contributed by atoms with van der Waals surface area (Å²) >= 11 is 0. The van der Waals surface area contributed by atoms with E-state index in [2.05, 4.69) is 17.2 Å². The van der Waals surface area contributed by atoms with E-state index in [0.717, 1.165) is 11.1 Å². The number of piperidine rings is 1. The maximum atomic E-state index is 12.6. The largest absolute Gasteiger partial charge is 0.322 e. The van der Waals surface area contributed by atoms with Crippen LogP contribution in [0.2, 0.25) is 0 Å². The summed E-state index contributed by atoms with van der Waals surface area (Å²) < 4.78 is 0. The summed E-state index contributed by atoms with van der Waals surface area (Å²) in [5.41, 5.74) is 2.31. The molecule has 2 heterocycles. The van der Waals surface area contributed by atoms with E-state index in [0.29, 0.717) is 18.5 Å². The first-order valence-electron chi connectivity index (χ1n) is 7.75. The fourth-order valence-electron chi connectivity index (χ4n) is 2.92. The Kier molecular flexibility index (Phi) is 3.91. The molecular weight excluding hydrogens is 292 g/mol. The Morgan fingerprint density at radius 3 is 2.74 bits per heavy atom. The van der Waals surface area contributed by atoms with Crippen LogP contribution in [-0.2, 0) is 16.1 Å². The van der Waals surface area contributed by atoms with Crippen molar-refractivity contribution in [2.75, 3.05) is 0 Å². The Labute approximate surface area is 135 Å². The number of hydrogen-bond donors (Lipinski definition) is 1. The second kappa shape index (κ2) is 5.88. The first-order valence-corrected chi connectivity index (χ1v) is 7.75. The number of amides is 3. The molecule has 1 N–H and O–H groups in total. The van der Waals surface area contributed by atoms with Crippen LogP contribution in [-0.4, -0.2) is 28.7 Å². The lowest BCUT2D eigenvalue weighted by molar-refractivity contribution is -0.136. The molecule has 0 bridgehead atoms. The number of carbonyl (C=O) groups is 3. The average Bonchev–Trinajstić information content (AvgIpc) is 2.83. The van der Waals surface area contributed by atoms with Crippen LogP contribution in [0.1, 0.15) is 48.2 Å². The first kappa shape index (κ1) is 15.3. The molecule has 1 aromatic rings. The minimum atomic E-state index is -0.585. The molecule has 0 radical (unpaired) electrons. The Hall–Kier alpha value is -2.61. The van der Waals surface area contributed by atoms with Crippen molar-refractivity contribution >= 4 is 17.7 Å². The van der Waals surface area contributed by atoms with E-state index in [9.17, 15) is 14.4 Å². The maximum Gasteiger partial charge on any atom is 0.255 e. The highest BCUT2D eigenvalue weighted by atomic mass is 16.2. The van der Waals surface area contributed by atoms with Gasteiger partial charge in [-0.15, -0.1) is 0 Å². The van der Waals surface area contributed by atoms with Crippen molar-refractivity contribution in [1.82, 2.24) is 10.2 Å². The molecule has 1 atom stereocenters. The number of hydrogen-bond acceptors (Lipinski definition) is 3. The highest BCUT2D eigenvalue weighted by Crippen LogP contribution is 2.29. The number of nitrogens with one attached hydrogen (secondary N) is 1. The number of carbonyl (C=O) groups excluding carboxylic acids is 3. The van der Waals surface area contributed by atoms with Gasteiger partial charge in [0.1, 0.15) is 6.04 Å². The first-order chi connectivity index (χ1) is 11.0. The predicted octanol–water partition coefficient (Wildman–Crippen LogP) is 1.46. The molecule has 2 aliphatic heterocycles. The van der Waals surface area contributed by atoms with E-state index in [1.54, 1.807) is 11.0 Å². The lowest BCUT2D eigenvalue weighted by atomic mass is 10.0. The standard InChI is InChI=1S/C18H18N2O3/c1-11(2)6-7-12-4-3-5-13-14(12)10-20(18(13)23)15-8-9-16(21)19-17(15)22/h3-5,11,15H,8-10H2,1-2H3,(H,19,21,22). The van der Waals surface area contributed by atoms with Gasteiger partial charge in [-0.25, -0.2) is 0 Å². The van der Waals surface area contributed by atoms with Crippen LogP contribution in [0.5, 0.6) is 0 Å². The monoisotopic (exact) mass is 310 g/mol. The SMILES string of the molecule is CC(C)C#Cc1cccc2c1CN(C1CCC(=O)NC1=O)C2=O. The summed E-state index contributed by atoms with van der Waals surface area (Å²) in [7, 11) is 0. The number of rotatable bonds is 1. The zero-order chi connectivity index (χ0) is 16.6. The molecular formula is C18H18N2O3. The van der Waals surface area contributed by atoms with E-state index in [-0.39, 0.29) is 24.2 Å². The number of fused-ring (bicyclic) bond motifs is 1. The van der Waals surface area contributed by atoms with Gasteiger partial charge in [0, 0.05) is 30.0 Å². The van der Waals surface area contributed by atoms with Crippen molar-refractivity contribution in [3.63, 3.8) is 0 Å². The Bertz CT molecular complexity index is 755.